The molecule has 1 aromatic carbocycles. The highest BCUT2D eigenvalue weighted by molar-refractivity contribution is 5.38. The van der Waals surface area contributed by atoms with E-state index in [2.05, 4.69) is 30.1 Å². The van der Waals surface area contributed by atoms with Crippen LogP contribution in [0.5, 0.6) is 5.75 Å². The zero-order chi connectivity index (χ0) is 15.2. The van der Waals surface area contributed by atoms with Crippen molar-refractivity contribution in [1.29, 1.82) is 0 Å². The van der Waals surface area contributed by atoms with Crippen molar-refractivity contribution in [3.8, 4) is 5.75 Å². The normalized spacial score (nSPS) is 17.4. The van der Waals surface area contributed by atoms with E-state index in [-0.39, 0.29) is 6.04 Å². The molecule has 0 spiro atoms. The van der Waals surface area contributed by atoms with Crippen molar-refractivity contribution in [3.05, 3.63) is 29.3 Å². The van der Waals surface area contributed by atoms with Gasteiger partial charge < -0.3 is 15.4 Å². The number of ether oxygens (including phenoxy) is 1. The lowest BCUT2D eigenvalue weighted by Crippen LogP contribution is -2.24. The van der Waals surface area contributed by atoms with Crippen LogP contribution in [0.2, 0.25) is 0 Å². The highest BCUT2D eigenvalue weighted by atomic mass is 16.5. The SMILES string of the molecule is CCOc1ccc(C(C)N)cc1CN(C)CC1CCCC1. The second kappa shape index (κ2) is 7.81. The van der Waals surface area contributed by atoms with E-state index in [9.17, 15) is 0 Å². The van der Waals surface area contributed by atoms with Gasteiger partial charge in [-0.2, -0.15) is 0 Å². The largest absolute Gasteiger partial charge is 0.494 e. The lowest BCUT2D eigenvalue weighted by Gasteiger charge is -2.23. The summed E-state index contributed by atoms with van der Waals surface area (Å²) in [5, 5.41) is 0. The molecule has 1 aliphatic carbocycles. The molecule has 0 saturated heterocycles. The van der Waals surface area contributed by atoms with E-state index in [4.69, 9.17) is 10.5 Å². The fourth-order valence-electron chi connectivity index (χ4n) is 3.29. The van der Waals surface area contributed by atoms with E-state index in [1.807, 2.05) is 13.8 Å². The molecule has 1 fully saturated rings. The molecule has 0 heterocycles. The van der Waals surface area contributed by atoms with Crippen LogP contribution in [0.25, 0.3) is 0 Å². The van der Waals surface area contributed by atoms with Gasteiger partial charge in [0, 0.05) is 24.7 Å². The van der Waals surface area contributed by atoms with Gasteiger partial charge in [-0.05, 0) is 57.4 Å². The van der Waals surface area contributed by atoms with Crippen LogP contribution in [0.4, 0.5) is 0 Å². The molecule has 2 rings (SSSR count). The molecule has 0 bridgehead atoms. The Morgan fingerprint density at radius 3 is 2.67 bits per heavy atom. The third kappa shape index (κ3) is 4.72. The third-order valence-corrected chi connectivity index (χ3v) is 4.40. The number of rotatable bonds is 7. The van der Waals surface area contributed by atoms with Crippen molar-refractivity contribution >= 4 is 0 Å². The van der Waals surface area contributed by atoms with Gasteiger partial charge in [-0.1, -0.05) is 18.9 Å². The summed E-state index contributed by atoms with van der Waals surface area (Å²) in [4.78, 5) is 2.43. The maximum absolute atomic E-state index is 6.02. The van der Waals surface area contributed by atoms with Crippen LogP contribution in [0, 0.1) is 5.92 Å². The molecule has 3 nitrogen and oxygen atoms in total. The van der Waals surface area contributed by atoms with Gasteiger partial charge in [0.15, 0.2) is 0 Å². The van der Waals surface area contributed by atoms with E-state index in [1.165, 1.54) is 43.4 Å². The number of benzene rings is 1. The molecular formula is C18H30N2O. The molecule has 0 amide bonds. The monoisotopic (exact) mass is 290 g/mol. The molecule has 1 aromatic rings. The van der Waals surface area contributed by atoms with Crippen LogP contribution in [0.15, 0.2) is 18.2 Å². The van der Waals surface area contributed by atoms with Gasteiger partial charge in [-0.15, -0.1) is 0 Å². The van der Waals surface area contributed by atoms with Gasteiger partial charge in [0.25, 0.3) is 0 Å². The minimum atomic E-state index is 0.0690. The van der Waals surface area contributed by atoms with Crippen LogP contribution in [-0.4, -0.2) is 25.1 Å². The molecule has 0 aromatic heterocycles. The number of hydrogen-bond donors (Lipinski definition) is 1. The van der Waals surface area contributed by atoms with Crippen LogP contribution >= 0.6 is 0 Å². The van der Waals surface area contributed by atoms with Crippen LogP contribution in [0.3, 0.4) is 0 Å². The lowest BCUT2D eigenvalue weighted by molar-refractivity contribution is 0.263. The zero-order valence-corrected chi connectivity index (χ0v) is 13.8. The van der Waals surface area contributed by atoms with Crippen molar-refractivity contribution in [1.82, 2.24) is 4.90 Å². The lowest BCUT2D eigenvalue weighted by atomic mass is 10.0. The fourth-order valence-corrected chi connectivity index (χ4v) is 3.29. The standard InChI is InChI=1S/C18H30N2O/c1-4-21-18-10-9-16(14(2)19)11-17(18)13-20(3)12-15-7-5-6-8-15/h9-11,14-15H,4-8,12-13,19H2,1-3H3. The van der Waals surface area contributed by atoms with E-state index in [0.29, 0.717) is 6.61 Å². The highest BCUT2D eigenvalue weighted by Gasteiger charge is 2.18. The Labute approximate surface area is 129 Å². The smallest absolute Gasteiger partial charge is 0.123 e. The van der Waals surface area contributed by atoms with Gasteiger partial charge in [0.1, 0.15) is 5.75 Å². The Hall–Kier alpha value is -1.06. The molecule has 118 valence electrons. The highest BCUT2D eigenvalue weighted by Crippen LogP contribution is 2.27. The van der Waals surface area contributed by atoms with Crippen molar-refractivity contribution < 1.29 is 4.74 Å². The van der Waals surface area contributed by atoms with Gasteiger partial charge in [-0.25, -0.2) is 0 Å². The molecule has 1 atom stereocenters. The first-order valence-electron chi connectivity index (χ1n) is 8.30. The van der Waals surface area contributed by atoms with Gasteiger partial charge in [0.2, 0.25) is 0 Å². The van der Waals surface area contributed by atoms with Crippen molar-refractivity contribution in [2.24, 2.45) is 11.7 Å². The van der Waals surface area contributed by atoms with Gasteiger partial charge in [-0.3, -0.25) is 0 Å². The summed E-state index contributed by atoms with van der Waals surface area (Å²) in [7, 11) is 2.21. The minimum absolute atomic E-state index is 0.0690. The van der Waals surface area contributed by atoms with E-state index >= 15 is 0 Å². The van der Waals surface area contributed by atoms with E-state index in [0.717, 1.165) is 18.2 Å². The zero-order valence-electron chi connectivity index (χ0n) is 13.8. The predicted molar refractivity (Wildman–Crippen MR) is 88.5 cm³/mol. The Morgan fingerprint density at radius 1 is 1.33 bits per heavy atom. The molecule has 1 aliphatic rings. The molecule has 0 aliphatic heterocycles. The number of nitrogens with zero attached hydrogens (tertiary/aromatic N) is 1. The summed E-state index contributed by atoms with van der Waals surface area (Å²) in [5.41, 5.74) is 8.45. The molecule has 2 N–H and O–H groups in total. The summed E-state index contributed by atoms with van der Waals surface area (Å²) in [5.74, 6) is 1.88. The third-order valence-electron chi connectivity index (χ3n) is 4.40. The first-order chi connectivity index (χ1) is 10.1. The average Bonchev–Trinajstić information content (AvgIpc) is 2.93. The number of nitrogens with two attached hydrogens (primary N) is 1. The molecule has 1 unspecified atom stereocenters. The molecular weight excluding hydrogens is 260 g/mol. The molecule has 3 heteroatoms. The van der Waals surface area contributed by atoms with Gasteiger partial charge >= 0.3 is 0 Å². The maximum Gasteiger partial charge on any atom is 0.123 e. The average molecular weight is 290 g/mol. The first-order valence-corrected chi connectivity index (χ1v) is 8.30. The fraction of sp³-hybridized carbons (Fsp3) is 0.667. The Bertz CT molecular complexity index is 439. The molecule has 1 saturated carbocycles. The summed E-state index contributed by atoms with van der Waals surface area (Å²) in [6.45, 7) is 6.89. The molecule has 21 heavy (non-hydrogen) atoms. The van der Waals surface area contributed by atoms with Gasteiger partial charge in [0.05, 0.1) is 6.61 Å². The van der Waals surface area contributed by atoms with E-state index < -0.39 is 0 Å². The summed E-state index contributed by atoms with van der Waals surface area (Å²) in [6, 6.07) is 6.43. The Balaban J connectivity index is 2.05. The Morgan fingerprint density at radius 2 is 2.05 bits per heavy atom. The minimum Gasteiger partial charge on any atom is -0.494 e. The maximum atomic E-state index is 6.02. The van der Waals surface area contributed by atoms with E-state index in [1.54, 1.807) is 0 Å². The topological polar surface area (TPSA) is 38.5 Å². The first kappa shape index (κ1) is 16.3. The van der Waals surface area contributed by atoms with Crippen molar-refractivity contribution in [2.45, 2.75) is 52.1 Å². The van der Waals surface area contributed by atoms with Crippen LogP contribution in [0.1, 0.15) is 56.7 Å². The summed E-state index contributed by atoms with van der Waals surface area (Å²) < 4.78 is 5.78. The van der Waals surface area contributed by atoms with Crippen LogP contribution in [-0.2, 0) is 6.54 Å². The number of hydrogen-bond acceptors (Lipinski definition) is 3. The summed E-state index contributed by atoms with van der Waals surface area (Å²) in [6.07, 6.45) is 5.59. The Kier molecular flexibility index (Phi) is 6.07. The second-order valence-corrected chi connectivity index (χ2v) is 6.44. The summed E-state index contributed by atoms with van der Waals surface area (Å²) >= 11 is 0. The van der Waals surface area contributed by atoms with Crippen molar-refractivity contribution in [3.63, 3.8) is 0 Å². The quantitative estimate of drug-likeness (QED) is 0.831. The second-order valence-electron chi connectivity index (χ2n) is 6.44. The van der Waals surface area contributed by atoms with Crippen molar-refractivity contribution in [2.75, 3.05) is 20.2 Å². The predicted octanol–water partition coefficient (Wildman–Crippen LogP) is 3.73. The van der Waals surface area contributed by atoms with Crippen LogP contribution < -0.4 is 10.5 Å². The molecule has 0 radical (unpaired) electrons.